The lowest BCUT2D eigenvalue weighted by Crippen LogP contribution is -2.29. The van der Waals surface area contributed by atoms with E-state index in [1.54, 1.807) is 0 Å². The van der Waals surface area contributed by atoms with Gasteiger partial charge in [0.2, 0.25) is 0 Å². The number of anilines is 3. The van der Waals surface area contributed by atoms with Crippen LogP contribution in [0.25, 0.3) is 44.5 Å². The highest BCUT2D eigenvalue weighted by molar-refractivity contribution is 6.00. The zero-order valence-electron chi connectivity index (χ0n) is 32.7. The van der Waals surface area contributed by atoms with E-state index in [0.29, 0.717) is 5.92 Å². The van der Waals surface area contributed by atoms with Crippen LogP contribution in [0.1, 0.15) is 65.8 Å². The molecule has 1 atom stereocenters. The van der Waals surface area contributed by atoms with Gasteiger partial charge in [-0.3, -0.25) is 0 Å². The van der Waals surface area contributed by atoms with Gasteiger partial charge in [0, 0.05) is 22.5 Å². The topological polar surface area (TPSA) is 3.24 Å². The molecule has 0 heterocycles. The van der Waals surface area contributed by atoms with Crippen LogP contribution in [0.5, 0.6) is 0 Å². The first-order valence-corrected chi connectivity index (χ1v) is 21.3. The minimum Gasteiger partial charge on any atom is -0.309 e. The van der Waals surface area contributed by atoms with Gasteiger partial charge in [0.15, 0.2) is 0 Å². The van der Waals surface area contributed by atoms with Crippen molar-refractivity contribution in [2.24, 2.45) is 11.8 Å². The predicted octanol–water partition coefficient (Wildman–Crippen LogP) is 15.1. The smallest absolute Gasteiger partial charge is 0.0726 e. The van der Waals surface area contributed by atoms with Gasteiger partial charge >= 0.3 is 0 Å². The Kier molecular flexibility index (Phi) is 7.73. The second-order valence-corrected chi connectivity index (χ2v) is 17.1. The standard InChI is InChI=1S/C57H45N/c1-3-14-39(15-4-1)45-21-13-22-46(40-16-5-2-6-17-40)56(45)58(43-32-30-42(31-33-43)51-36-38-26-28-41(51)29-27-38)44-34-35-50-49-20-9-12-25-54(49)57(55(50)37-44)52-23-10-7-18-47(52)48-19-8-11-24-53(48)57/h1-25,30-35,37-38,41,51H,26-29,36H2. The summed E-state index contributed by atoms with van der Waals surface area (Å²) in [7, 11) is 0. The van der Waals surface area contributed by atoms with Gasteiger partial charge in [-0.15, -0.1) is 0 Å². The van der Waals surface area contributed by atoms with Crippen molar-refractivity contribution in [1.82, 2.24) is 0 Å². The van der Waals surface area contributed by atoms with Crippen LogP contribution < -0.4 is 4.90 Å². The van der Waals surface area contributed by atoms with Crippen molar-refractivity contribution in [3.63, 3.8) is 0 Å². The highest BCUT2D eigenvalue weighted by atomic mass is 15.1. The van der Waals surface area contributed by atoms with Crippen molar-refractivity contribution in [3.8, 4) is 44.5 Å². The van der Waals surface area contributed by atoms with Crippen LogP contribution in [0.2, 0.25) is 0 Å². The van der Waals surface area contributed by atoms with E-state index in [4.69, 9.17) is 0 Å². The Hall–Kier alpha value is -6.44. The van der Waals surface area contributed by atoms with Crippen LogP contribution in [-0.4, -0.2) is 0 Å². The Bertz CT molecular complexity index is 2700. The summed E-state index contributed by atoms with van der Waals surface area (Å²) in [6.07, 6.45) is 6.97. The van der Waals surface area contributed by atoms with E-state index in [9.17, 15) is 0 Å². The van der Waals surface area contributed by atoms with E-state index in [-0.39, 0.29) is 0 Å². The third-order valence-corrected chi connectivity index (χ3v) is 14.3. The molecule has 0 saturated heterocycles. The molecule has 1 heteroatoms. The first-order valence-electron chi connectivity index (χ1n) is 21.3. The molecule has 58 heavy (non-hydrogen) atoms. The number of nitrogens with zero attached hydrogens (tertiary/aromatic N) is 1. The third kappa shape index (κ3) is 4.96. The van der Waals surface area contributed by atoms with Crippen LogP contribution >= 0.6 is 0 Å². The van der Waals surface area contributed by atoms with Crippen LogP contribution in [-0.2, 0) is 5.41 Å². The lowest BCUT2D eigenvalue weighted by molar-refractivity contribution is 0.145. The Morgan fingerprint density at radius 3 is 1.36 bits per heavy atom. The molecule has 8 aromatic rings. The summed E-state index contributed by atoms with van der Waals surface area (Å²) < 4.78 is 0. The second-order valence-electron chi connectivity index (χ2n) is 17.1. The Balaban J connectivity index is 1.13. The quantitative estimate of drug-likeness (QED) is 0.164. The molecule has 1 spiro atoms. The Morgan fingerprint density at radius 2 is 0.845 bits per heavy atom. The van der Waals surface area contributed by atoms with E-state index >= 15 is 0 Å². The van der Waals surface area contributed by atoms with Crippen LogP contribution in [0.3, 0.4) is 0 Å². The van der Waals surface area contributed by atoms with Crippen LogP contribution in [0.15, 0.2) is 194 Å². The molecule has 13 rings (SSSR count). The minimum absolute atomic E-state index is 0.424. The molecule has 1 unspecified atom stereocenters. The second kappa shape index (κ2) is 13.3. The van der Waals surface area contributed by atoms with E-state index in [1.807, 2.05) is 0 Å². The van der Waals surface area contributed by atoms with Crippen LogP contribution in [0.4, 0.5) is 17.1 Å². The maximum atomic E-state index is 2.57. The zero-order chi connectivity index (χ0) is 38.2. The Morgan fingerprint density at radius 1 is 0.379 bits per heavy atom. The number of benzene rings is 8. The van der Waals surface area contributed by atoms with E-state index in [0.717, 1.165) is 17.5 Å². The fourth-order valence-corrected chi connectivity index (χ4v) is 11.8. The van der Waals surface area contributed by atoms with Gasteiger partial charge in [0.1, 0.15) is 0 Å². The van der Waals surface area contributed by atoms with Crippen molar-refractivity contribution >= 4 is 17.1 Å². The molecular formula is C57H45N. The van der Waals surface area contributed by atoms with Gasteiger partial charge < -0.3 is 4.90 Å². The van der Waals surface area contributed by atoms with E-state index < -0.39 is 5.41 Å². The fraction of sp³-hybridized carbons (Fsp3) is 0.158. The average Bonchev–Trinajstić information content (AvgIpc) is 3.77. The SMILES string of the molecule is c1ccc(-c2cccc(-c3ccccc3)c2N(c2ccc(C3CC4CCC3CC4)cc2)c2ccc3c(c2)C2(c4ccccc4-c4ccccc42)c2ccccc2-3)cc1. The molecule has 8 aromatic carbocycles. The maximum Gasteiger partial charge on any atom is 0.0726 e. The first-order chi connectivity index (χ1) is 28.8. The summed E-state index contributed by atoms with van der Waals surface area (Å²) in [5, 5.41) is 0. The molecule has 2 bridgehead atoms. The number of rotatable bonds is 6. The van der Waals surface area contributed by atoms with Gasteiger partial charge in [-0.2, -0.15) is 0 Å². The minimum atomic E-state index is -0.424. The molecule has 5 aliphatic rings. The lowest BCUT2D eigenvalue weighted by atomic mass is 9.63. The summed E-state index contributed by atoms with van der Waals surface area (Å²) in [5.41, 5.74) is 20.2. The van der Waals surface area contributed by atoms with Crippen molar-refractivity contribution in [1.29, 1.82) is 0 Å². The molecule has 0 aliphatic heterocycles. The lowest BCUT2D eigenvalue weighted by Gasteiger charge is -2.42. The third-order valence-electron chi connectivity index (χ3n) is 14.3. The molecule has 3 saturated carbocycles. The molecule has 1 nitrogen and oxygen atoms in total. The molecule has 0 N–H and O–H groups in total. The van der Waals surface area contributed by atoms with Gasteiger partial charge in [-0.1, -0.05) is 183 Å². The molecule has 0 aromatic heterocycles. The van der Waals surface area contributed by atoms with Crippen LogP contribution in [0, 0.1) is 11.8 Å². The number of para-hydroxylation sites is 1. The highest BCUT2D eigenvalue weighted by Crippen LogP contribution is 2.63. The highest BCUT2D eigenvalue weighted by Gasteiger charge is 2.51. The molecule has 0 amide bonds. The number of hydrogen-bond acceptors (Lipinski definition) is 1. The predicted molar refractivity (Wildman–Crippen MR) is 241 cm³/mol. The summed E-state index contributed by atoms with van der Waals surface area (Å²) in [6.45, 7) is 0. The molecular weight excluding hydrogens is 699 g/mol. The van der Waals surface area contributed by atoms with Gasteiger partial charge in [-0.05, 0) is 122 Å². The fourth-order valence-electron chi connectivity index (χ4n) is 11.8. The summed E-state index contributed by atoms with van der Waals surface area (Å²) in [5.74, 6) is 2.39. The van der Waals surface area contributed by atoms with Gasteiger partial charge in [0.25, 0.3) is 0 Å². The van der Waals surface area contributed by atoms with E-state index in [2.05, 4.69) is 199 Å². The molecule has 278 valence electrons. The monoisotopic (exact) mass is 743 g/mol. The maximum absolute atomic E-state index is 2.57. The zero-order valence-corrected chi connectivity index (χ0v) is 32.7. The van der Waals surface area contributed by atoms with Crippen molar-refractivity contribution in [2.45, 2.75) is 43.4 Å². The first kappa shape index (κ1) is 33.7. The Labute approximate surface area is 342 Å². The molecule has 0 radical (unpaired) electrons. The average molecular weight is 744 g/mol. The normalized spacial score (nSPS) is 19.0. The van der Waals surface area contributed by atoms with Gasteiger partial charge in [0.05, 0.1) is 11.1 Å². The van der Waals surface area contributed by atoms with Crippen molar-refractivity contribution < 1.29 is 0 Å². The summed E-state index contributed by atoms with van der Waals surface area (Å²) >= 11 is 0. The largest absolute Gasteiger partial charge is 0.309 e. The summed E-state index contributed by atoms with van der Waals surface area (Å²) in [4.78, 5) is 2.57. The number of fused-ring (bicyclic) bond motifs is 13. The molecule has 5 aliphatic carbocycles. The van der Waals surface area contributed by atoms with Gasteiger partial charge in [-0.25, -0.2) is 0 Å². The number of hydrogen-bond donors (Lipinski definition) is 0. The summed E-state index contributed by atoms with van der Waals surface area (Å²) in [6, 6.07) is 73.3. The molecule has 3 fully saturated rings. The van der Waals surface area contributed by atoms with E-state index in [1.165, 1.54) is 116 Å². The van der Waals surface area contributed by atoms with Crippen molar-refractivity contribution in [3.05, 3.63) is 222 Å². The van der Waals surface area contributed by atoms with Crippen molar-refractivity contribution in [2.75, 3.05) is 4.90 Å².